The molecule has 1 nitrogen and oxygen atoms in total. The Morgan fingerprint density at radius 2 is 1.73 bits per heavy atom. The molecule has 0 saturated carbocycles. The summed E-state index contributed by atoms with van der Waals surface area (Å²) in [6, 6.07) is 0. The molecule has 0 saturated heterocycles. The normalized spacial score (nSPS) is 14.3. The summed E-state index contributed by atoms with van der Waals surface area (Å²) >= 11 is 0. The van der Waals surface area contributed by atoms with E-state index in [2.05, 4.69) is 6.58 Å². The zero-order chi connectivity index (χ0) is 9.23. The molecule has 0 N–H and O–H groups in total. The van der Waals surface area contributed by atoms with Gasteiger partial charge in [0.05, 0.1) is 0 Å². The van der Waals surface area contributed by atoms with Gasteiger partial charge in [0.1, 0.15) is 5.78 Å². The molecule has 0 unspecified atom stereocenters. The summed E-state index contributed by atoms with van der Waals surface area (Å²) < 4.78 is 0. The molecule has 0 aromatic heterocycles. The Morgan fingerprint density at radius 3 is 1.82 bits per heavy atom. The molecule has 0 aromatic carbocycles. The van der Waals surface area contributed by atoms with E-state index in [1.165, 1.54) is 0 Å². The van der Waals surface area contributed by atoms with Crippen LogP contribution in [0.15, 0.2) is 12.2 Å². The molecule has 0 aliphatic rings. The third-order valence-corrected chi connectivity index (χ3v) is 1.87. The standard InChI is InChI=1S/C10H18O/c1-7(2)8(3)9(11)10(4,5)6/h8H,1H2,2-6H3/t8-/m1/s1. The Morgan fingerprint density at radius 1 is 1.36 bits per heavy atom. The van der Waals surface area contributed by atoms with Gasteiger partial charge in [-0.05, 0) is 6.92 Å². The fourth-order valence-electron chi connectivity index (χ4n) is 0.873. The van der Waals surface area contributed by atoms with Crippen LogP contribution in [0, 0.1) is 11.3 Å². The van der Waals surface area contributed by atoms with Gasteiger partial charge in [0.2, 0.25) is 0 Å². The lowest BCUT2D eigenvalue weighted by Gasteiger charge is -2.21. The summed E-state index contributed by atoms with van der Waals surface area (Å²) in [5.74, 6) is 0.264. The molecule has 0 radical (unpaired) electrons. The Labute approximate surface area is 69.5 Å². The molecule has 0 heterocycles. The molecule has 0 bridgehead atoms. The summed E-state index contributed by atoms with van der Waals surface area (Å²) in [7, 11) is 0. The van der Waals surface area contributed by atoms with E-state index in [4.69, 9.17) is 0 Å². The number of allylic oxidation sites excluding steroid dienone is 1. The van der Waals surface area contributed by atoms with E-state index in [-0.39, 0.29) is 17.1 Å². The molecule has 0 aliphatic heterocycles. The van der Waals surface area contributed by atoms with E-state index in [1.54, 1.807) is 0 Å². The molecule has 0 spiro atoms. The van der Waals surface area contributed by atoms with Gasteiger partial charge < -0.3 is 0 Å². The van der Waals surface area contributed by atoms with Crippen molar-refractivity contribution in [3.05, 3.63) is 12.2 Å². The van der Waals surface area contributed by atoms with E-state index < -0.39 is 0 Å². The average molecular weight is 154 g/mol. The van der Waals surface area contributed by atoms with Crippen molar-refractivity contribution >= 4 is 5.78 Å². The highest BCUT2D eigenvalue weighted by molar-refractivity contribution is 5.87. The number of rotatable bonds is 2. The van der Waals surface area contributed by atoms with E-state index in [1.807, 2.05) is 34.6 Å². The smallest absolute Gasteiger partial charge is 0.144 e. The minimum absolute atomic E-state index is 0.00463. The fourth-order valence-corrected chi connectivity index (χ4v) is 0.873. The summed E-state index contributed by atoms with van der Waals surface area (Å²) in [5.41, 5.74) is 0.711. The van der Waals surface area contributed by atoms with Gasteiger partial charge in [-0.3, -0.25) is 4.79 Å². The second kappa shape index (κ2) is 3.21. The summed E-state index contributed by atoms with van der Waals surface area (Å²) in [6.45, 7) is 13.4. The van der Waals surface area contributed by atoms with Crippen LogP contribution >= 0.6 is 0 Å². The predicted molar refractivity (Wildman–Crippen MR) is 48.4 cm³/mol. The van der Waals surface area contributed by atoms with Crippen LogP contribution in [-0.2, 0) is 4.79 Å². The first-order valence-corrected chi connectivity index (χ1v) is 3.96. The van der Waals surface area contributed by atoms with Gasteiger partial charge in [-0.15, -0.1) is 0 Å². The monoisotopic (exact) mass is 154 g/mol. The minimum Gasteiger partial charge on any atom is -0.298 e. The SMILES string of the molecule is C=C(C)[C@@H](C)C(=O)C(C)(C)C. The molecule has 0 rings (SSSR count). The van der Waals surface area contributed by atoms with Gasteiger partial charge in [0, 0.05) is 11.3 Å². The third kappa shape index (κ3) is 2.87. The van der Waals surface area contributed by atoms with Crippen molar-refractivity contribution in [2.45, 2.75) is 34.6 Å². The molecule has 0 aliphatic carbocycles. The first-order chi connectivity index (χ1) is 4.76. The second-order valence-corrected chi connectivity index (χ2v) is 4.18. The Bertz CT molecular complexity index is 172. The first-order valence-electron chi connectivity index (χ1n) is 3.96. The van der Waals surface area contributed by atoms with Gasteiger partial charge in [-0.1, -0.05) is 39.8 Å². The lowest BCUT2D eigenvalue weighted by molar-refractivity contribution is -0.128. The number of hydrogen-bond donors (Lipinski definition) is 0. The molecular formula is C10H18O. The zero-order valence-corrected chi connectivity index (χ0v) is 8.19. The number of hydrogen-bond acceptors (Lipinski definition) is 1. The maximum Gasteiger partial charge on any atom is 0.144 e. The Balaban J connectivity index is 4.39. The lowest BCUT2D eigenvalue weighted by atomic mass is 9.81. The van der Waals surface area contributed by atoms with Crippen LogP contribution < -0.4 is 0 Å². The molecule has 1 heteroatoms. The summed E-state index contributed by atoms with van der Waals surface area (Å²) in [5, 5.41) is 0. The Kier molecular flexibility index (Phi) is 3.03. The second-order valence-electron chi connectivity index (χ2n) is 4.18. The van der Waals surface area contributed by atoms with Gasteiger partial charge >= 0.3 is 0 Å². The van der Waals surface area contributed by atoms with E-state index >= 15 is 0 Å². The summed E-state index contributed by atoms with van der Waals surface area (Å²) in [4.78, 5) is 11.5. The van der Waals surface area contributed by atoms with Crippen LogP contribution in [-0.4, -0.2) is 5.78 Å². The van der Waals surface area contributed by atoms with Crippen LogP contribution in [0.5, 0.6) is 0 Å². The van der Waals surface area contributed by atoms with Crippen molar-refractivity contribution in [3.8, 4) is 0 Å². The minimum atomic E-state index is -0.238. The van der Waals surface area contributed by atoms with Crippen molar-refractivity contribution in [2.24, 2.45) is 11.3 Å². The molecule has 11 heavy (non-hydrogen) atoms. The number of carbonyl (C=O) groups is 1. The molecule has 0 aromatic rings. The quantitative estimate of drug-likeness (QED) is 0.559. The van der Waals surface area contributed by atoms with Crippen LogP contribution in [0.25, 0.3) is 0 Å². The third-order valence-electron chi connectivity index (χ3n) is 1.87. The number of carbonyl (C=O) groups excluding carboxylic acids is 1. The average Bonchev–Trinajstić information content (AvgIpc) is 1.82. The molecule has 1 atom stereocenters. The predicted octanol–water partition coefficient (Wildman–Crippen LogP) is 2.81. The van der Waals surface area contributed by atoms with Gasteiger partial charge in [-0.25, -0.2) is 0 Å². The van der Waals surface area contributed by atoms with Crippen molar-refractivity contribution in [1.29, 1.82) is 0 Å². The van der Waals surface area contributed by atoms with E-state index in [9.17, 15) is 4.79 Å². The molecular weight excluding hydrogens is 136 g/mol. The highest BCUT2D eigenvalue weighted by Crippen LogP contribution is 2.23. The molecule has 0 fully saturated rings. The maximum atomic E-state index is 11.5. The topological polar surface area (TPSA) is 17.1 Å². The Hall–Kier alpha value is -0.590. The van der Waals surface area contributed by atoms with Crippen LogP contribution in [0.4, 0.5) is 0 Å². The lowest BCUT2D eigenvalue weighted by Crippen LogP contribution is -2.26. The fraction of sp³-hybridized carbons (Fsp3) is 0.700. The first kappa shape index (κ1) is 10.4. The van der Waals surface area contributed by atoms with Crippen molar-refractivity contribution in [1.82, 2.24) is 0 Å². The number of Topliss-reactive ketones (excluding diaryl/α,β-unsaturated/α-hetero) is 1. The van der Waals surface area contributed by atoms with Crippen LogP contribution in [0.1, 0.15) is 34.6 Å². The highest BCUT2D eigenvalue weighted by atomic mass is 16.1. The maximum absolute atomic E-state index is 11.5. The molecule has 0 amide bonds. The van der Waals surface area contributed by atoms with E-state index in [0.29, 0.717) is 0 Å². The van der Waals surface area contributed by atoms with Gasteiger partial charge in [-0.2, -0.15) is 0 Å². The van der Waals surface area contributed by atoms with Crippen molar-refractivity contribution in [2.75, 3.05) is 0 Å². The van der Waals surface area contributed by atoms with Gasteiger partial charge in [0.15, 0.2) is 0 Å². The zero-order valence-electron chi connectivity index (χ0n) is 8.19. The van der Waals surface area contributed by atoms with Crippen molar-refractivity contribution < 1.29 is 4.79 Å². The van der Waals surface area contributed by atoms with Crippen LogP contribution in [0.3, 0.4) is 0 Å². The highest BCUT2D eigenvalue weighted by Gasteiger charge is 2.26. The largest absolute Gasteiger partial charge is 0.298 e. The van der Waals surface area contributed by atoms with Gasteiger partial charge in [0.25, 0.3) is 0 Å². The van der Waals surface area contributed by atoms with E-state index in [0.717, 1.165) is 5.57 Å². The molecule has 64 valence electrons. The number of ketones is 1. The summed E-state index contributed by atoms with van der Waals surface area (Å²) in [6.07, 6.45) is 0. The van der Waals surface area contributed by atoms with Crippen molar-refractivity contribution in [3.63, 3.8) is 0 Å². The van der Waals surface area contributed by atoms with Crippen LogP contribution in [0.2, 0.25) is 0 Å².